The fraction of sp³-hybridized carbons (Fsp3) is 0.200. The summed E-state index contributed by atoms with van der Waals surface area (Å²) in [5, 5.41) is 9.00. The summed E-state index contributed by atoms with van der Waals surface area (Å²) in [5.74, 6) is -2.26. The first kappa shape index (κ1) is 10.2. The fourth-order valence-corrected chi connectivity index (χ4v) is 1.24. The smallest absolute Gasteiger partial charge is 0.253 e. The Morgan fingerprint density at radius 2 is 1.79 bits per heavy atom. The summed E-state index contributed by atoms with van der Waals surface area (Å²) in [6.07, 6.45) is 0. The maximum atomic E-state index is 11.1. The van der Waals surface area contributed by atoms with Gasteiger partial charge in [-0.3, -0.25) is 15.3 Å². The van der Waals surface area contributed by atoms with Crippen molar-refractivity contribution in [3.05, 3.63) is 29.8 Å². The molecule has 0 aliphatic rings. The van der Waals surface area contributed by atoms with E-state index in [1.165, 1.54) is 31.2 Å². The maximum absolute atomic E-state index is 11.1. The number of carbonyl (C=O) groups is 2. The van der Waals surface area contributed by atoms with Gasteiger partial charge < -0.3 is 5.11 Å². The largest absolute Gasteiger partial charge is 0.508 e. The normalized spacial score (nSPS) is 12.1. The van der Waals surface area contributed by atoms with Crippen molar-refractivity contribution in [1.82, 2.24) is 5.73 Å². The maximum Gasteiger partial charge on any atom is 0.253 e. The number of rotatable bonds is 3. The molecule has 4 heteroatoms. The molecule has 0 heterocycles. The van der Waals surface area contributed by atoms with Gasteiger partial charge in [0.05, 0.1) is 0 Å². The summed E-state index contributed by atoms with van der Waals surface area (Å²) in [5.41, 5.74) is 7.37. The quantitative estimate of drug-likeness (QED) is 0.722. The number of phenolic OH excluding ortho intramolecular Hbond substituents is 1. The molecule has 0 aliphatic heterocycles. The van der Waals surface area contributed by atoms with Gasteiger partial charge in [-0.2, -0.15) is 0 Å². The van der Waals surface area contributed by atoms with Crippen LogP contribution in [0.3, 0.4) is 0 Å². The van der Waals surface area contributed by atoms with E-state index in [1.54, 1.807) is 0 Å². The van der Waals surface area contributed by atoms with Crippen LogP contribution in [0.25, 0.3) is 0 Å². The van der Waals surface area contributed by atoms with Crippen LogP contribution < -0.4 is 5.73 Å². The molecule has 1 amide bonds. The molecule has 0 spiro atoms. The van der Waals surface area contributed by atoms with Gasteiger partial charge in [-0.15, -0.1) is 0 Å². The highest BCUT2D eigenvalue weighted by Gasteiger charge is 2.22. The second-order valence-corrected chi connectivity index (χ2v) is 3.00. The standard InChI is InChI=1S/C10H10NO3/c1-6(12)9(10(11)14)7-2-4-8(13)5-3-7/h2-5,9,11,13H,1H3. The van der Waals surface area contributed by atoms with Crippen molar-refractivity contribution in [3.63, 3.8) is 0 Å². The molecule has 0 aromatic heterocycles. The predicted molar refractivity (Wildman–Crippen MR) is 49.6 cm³/mol. The van der Waals surface area contributed by atoms with Crippen molar-refractivity contribution in [2.45, 2.75) is 12.8 Å². The number of Topliss-reactive ketones (excluding diaryl/α,β-unsaturated/α-hetero) is 1. The van der Waals surface area contributed by atoms with Gasteiger partial charge in [0, 0.05) is 0 Å². The second kappa shape index (κ2) is 3.91. The van der Waals surface area contributed by atoms with Crippen LogP contribution in [0.4, 0.5) is 0 Å². The molecule has 1 radical (unpaired) electrons. The highest BCUT2D eigenvalue weighted by Crippen LogP contribution is 2.19. The van der Waals surface area contributed by atoms with Crippen molar-refractivity contribution in [2.75, 3.05) is 0 Å². The zero-order valence-corrected chi connectivity index (χ0v) is 7.65. The lowest BCUT2D eigenvalue weighted by atomic mass is 9.95. The summed E-state index contributed by atoms with van der Waals surface area (Å²) >= 11 is 0. The predicted octanol–water partition coefficient (Wildman–Crippen LogP) is 0.874. The van der Waals surface area contributed by atoms with Crippen molar-refractivity contribution >= 4 is 11.7 Å². The fourth-order valence-electron chi connectivity index (χ4n) is 1.24. The summed E-state index contributed by atoms with van der Waals surface area (Å²) < 4.78 is 0. The van der Waals surface area contributed by atoms with E-state index in [2.05, 4.69) is 0 Å². The van der Waals surface area contributed by atoms with E-state index in [9.17, 15) is 9.59 Å². The first-order valence-electron chi connectivity index (χ1n) is 4.07. The van der Waals surface area contributed by atoms with Crippen molar-refractivity contribution in [3.8, 4) is 5.75 Å². The van der Waals surface area contributed by atoms with Crippen LogP contribution in [0, 0.1) is 0 Å². The molecule has 73 valence electrons. The molecule has 1 atom stereocenters. The number of amides is 1. The van der Waals surface area contributed by atoms with E-state index in [4.69, 9.17) is 10.8 Å². The zero-order chi connectivity index (χ0) is 10.7. The van der Waals surface area contributed by atoms with E-state index < -0.39 is 11.8 Å². The third kappa shape index (κ3) is 2.10. The van der Waals surface area contributed by atoms with Crippen LogP contribution in [-0.4, -0.2) is 16.8 Å². The third-order valence-corrected chi connectivity index (χ3v) is 1.90. The number of benzene rings is 1. The molecular weight excluding hydrogens is 182 g/mol. The minimum Gasteiger partial charge on any atom is -0.508 e. The van der Waals surface area contributed by atoms with E-state index >= 15 is 0 Å². The van der Waals surface area contributed by atoms with Gasteiger partial charge in [0.1, 0.15) is 17.5 Å². The molecule has 1 aromatic carbocycles. The Morgan fingerprint density at radius 3 is 2.14 bits per heavy atom. The number of phenols is 1. The van der Waals surface area contributed by atoms with Crippen LogP contribution in [0.1, 0.15) is 18.4 Å². The average molecular weight is 192 g/mol. The number of hydrogen-bond acceptors (Lipinski definition) is 3. The monoisotopic (exact) mass is 192 g/mol. The van der Waals surface area contributed by atoms with Crippen LogP contribution in [0.5, 0.6) is 5.75 Å². The lowest BCUT2D eigenvalue weighted by molar-refractivity contribution is -0.127. The van der Waals surface area contributed by atoms with E-state index in [0.29, 0.717) is 5.56 Å². The number of aromatic hydroxyl groups is 1. The molecule has 14 heavy (non-hydrogen) atoms. The summed E-state index contributed by atoms with van der Waals surface area (Å²) in [7, 11) is 0. The van der Waals surface area contributed by atoms with Crippen molar-refractivity contribution < 1.29 is 14.7 Å². The number of nitrogens with one attached hydrogen (secondary N) is 1. The highest BCUT2D eigenvalue weighted by atomic mass is 16.3. The molecule has 0 bridgehead atoms. The molecule has 0 aliphatic carbocycles. The summed E-state index contributed by atoms with van der Waals surface area (Å²) in [6, 6.07) is 5.70. The summed E-state index contributed by atoms with van der Waals surface area (Å²) in [4.78, 5) is 21.9. The first-order valence-corrected chi connectivity index (χ1v) is 4.07. The Kier molecular flexibility index (Phi) is 2.86. The molecule has 1 unspecified atom stereocenters. The Hall–Kier alpha value is -1.84. The van der Waals surface area contributed by atoms with E-state index in [1.807, 2.05) is 0 Å². The highest BCUT2D eigenvalue weighted by molar-refractivity contribution is 6.04. The van der Waals surface area contributed by atoms with Gasteiger partial charge in [-0.1, -0.05) is 12.1 Å². The second-order valence-electron chi connectivity index (χ2n) is 3.00. The molecule has 0 saturated heterocycles. The summed E-state index contributed by atoms with van der Waals surface area (Å²) in [6.45, 7) is 1.27. The Morgan fingerprint density at radius 1 is 1.29 bits per heavy atom. The molecule has 1 aromatic rings. The minimum atomic E-state index is -1.03. The molecule has 1 rings (SSSR count). The minimum absolute atomic E-state index is 0.0634. The SMILES string of the molecule is CC(=O)C(C([NH])=O)c1ccc(O)cc1. The van der Waals surface area contributed by atoms with Crippen LogP contribution in [0.2, 0.25) is 0 Å². The molecule has 4 nitrogen and oxygen atoms in total. The van der Waals surface area contributed by atoms with Gasteiger partial charge in [0.25, 0.3) is 5.91 Å². The third-order valence-electron chi connectivity index (χ3n) is 1.90. The van der Waals surface area contributed by atoms with Gasteiger partial charge in [-0.05, 0) is 24.6 Å². The number of carbonyl (C=O) groups excluding carboxylic acids is 2. The van der Waals surface area contributed by atoms with Crippen LogP contribution >= 0.6 is 0 Å². The molecular formula is C10H10NO3. The van der Waals surface area contributed by atoms with Crippen molar-refractivity contribution in [2.24, 2.45) is 0 Å². The van der Waals surface area contributed by atoms with Gasteiger partial charge in [0.2, 0.25) is 0 Å². The molecule has 0 saturated carbocycles. The van der Waals surface area contributed by atoms with Crippen molar-refractivity contribution in [1.29, 1.82) is 0 Å². The molecule has 0 fully saturated rings. The van der Waals surface area contributed by atoms with E-state index in [-0.39, 0.29) is 11.5 Å². The zero-order valence-electron chi connectivity index (χ0n) is 7.65. The topological polar surface area (TPSA) is 78.2 Å². The molecule has 2 N–H and O–H groups in total. The lowest BCUT2D eigenvalue weighted by Crippen LogP contribution is -2.20. The van der Waals surface area contributed by atoms with Gasteiger partial charge in [-0.25, -0.2) is 0 Å². The number of hydrogen-bond donors (Lipinski definition) is 1. The Bertz CT molecular complexity index is 342. The Balaban J connectivity index is 3.06. The van der Waals surface area contributed by atoms with Gasteiger partial charge >= 0.3 is 0 Å². The van der Waals surface area contributed by atoms with E-state index in [0.717, 1.165) is 0 Å². The van der Waals surface area contributed by atoms with Gasteiger partial charge in [0.15, 0.2) is 0 Å². The lowest BCUT2D eigenvalue weighted by Gasteiger charge is -2.08. The Labute approximate surface area is 81.3 Å². The first-order chi connectivity index (χ1) is 6.52. The van der Waals surface area contributed by atoms with Crippen LogP contribution in [0.15, 0.2) is 24.3 Å². The number of ketones is 1. The average Bonchev–Trinajstić information content (AvgIpc) is 2.07. The van der Waals surface area contributed by atoms with Crippen LogP contribution in [-0.2, 0) is 9.59 Å².